The van der Waals surface area contributed by atoms with E-state index in [9.17, 15) is 0 Å². The largest absolute Gasteiger partial charge is 0.493 e. The molecule has 3 heteroatoms. The third kappa shape index (κ3) is 5.01. The molecule has 118 valence electrons. The van der Waals surface area contributed by atoms with Gasteiger partial charge in [-0.05, 0) is 76.2 Å². The molecule has 1 heterocycles. The molecule has 1 aliphatic rings. The van der Waals surface area contributed by atoms with Crippen LogP contribution in [0, 0.1) is 19.8 Å². The van der Waals surface area contributed by atoms with E-state index in [1.165, 1.54) is 37.1 Å². The van der Waals surface area contributed by atoms with E-state index in [1.807, 2.05) is 0 Å². The maximum atomic E-state index is 5.99. The summed E-state index contributed by atoms with van der Waals surface area (Å²) >= 11 is 0. The van der Waals surface area contributed by atoms with Crippen LogP contribution in [0.1, 0.15) is 37.3 Å². The average molecular weight is 290 g/mol. The summed E-state index contributed by atoms with van der Waals surface area (Å²) in [7, 11) is 0. The van der Waals surface area contributed by atoms with Crippen molar-refractivity contribution in [2.45, 2.75) is 46.1 Å². The van der Waals surface area contributed by atoms with Crippen molar-refractivity contribution in [2.24, 2.45) is 11.7 Å². The van der Waals surface area contributed by atoms with Gasteiger partial charge in [0, 0.05) is 12.6 Å². The molecule has 1 aromatic rings. The second kappa shape index (κ2) is 7.81. The van der Waals surface area contributed by atoms with Crippen molar-refractivity contribution < 1.29 is 4.74 Å². The second-order valence-corrected chi connectivity index (χ2v) is 6.51. The minimum atomic E-state index is 0.347. The lowest BCUT2D eigenvalue weighted by Gasteiger charge is -2.33. The van der Waals surface area contributed by atoms with E-state index in [0.717, 1.165) is 25.3 Å². The van der Waals surface area contributed by atoms with Crippen molar-refractivity contribution in [3.05, 3.63) is 29.3 Å². The molecule has 0 saturated carbocycles. The smallest absolute Gasteiger partial charge is 0.122 e. The Kier molecular flexibility index (Phi) is 6.07. The number of nitrogens with two attached hydrogens (primary N) is 1. The number of piperidine rings is 1. The Labute approximate surface area is 129 Å². The summed E-state index contributed by atoms with van der Waals surface area (Å²) in [5, 5.41) is 0. The van der Waals surface area contributed by atoms with Crippen molar-refractivity contribution >= 4 is 0 Å². The molecule has 1 aromatic carbocycles. The van der Waals surface area contributed by atoms with Crippen LogP contribution in [0.25, 0.3) is 0 Å². The van der Waals surface area contributed by atoms with E-state index in [0.29, 0.717) is 12.0 Å². The molecule has 0 aromatic heterocycles. The van der Waals surface area contributed by atoms with Gasteiger partial charge >= 0.3 is 0 Å². The van der Waals surface area contributed by atoms with Crippen LogP contribution in [-0.4, -0.2) is 37.2 Å². The molecule has 1 unspecified atom stereocenters. The van der Waals surface area contributed by atoms with Gasteiger partial charge < -0.3 is 15.4 Å². The standard InChI is InChI=1S/C18H30N2O/c1-14-5-6-15(2)18(13-14)21-12-4-9-20-10-7-17(8-11-20)16(3)19/h5-6,13,16-17H,4,7-12,19H2,1-3H3. The molecular formula is C18H30N2O. The lowest BCUT2D eigenvalue weighted by Crippen LogP contribution is -2.40. The quantitative estimate of drug-likeness (QED) is 0.818. The van der Waals surface area contributed by atoms with Gasteiger partial charge in [0.2, 0.25) is 0 Å². The van der Waals surface area contributed by atoms with Gasteiger partial charge in [0.25, 0.3) is 0 Å². The Balaban J connectivity index is 1.65. The normalized spacial score (nSPS) is 18.7. The van der Waals surface area contributed by atoms with Crippen LogP contribution in [0.2, 0.25) is 0 Å². The Morgan fingerprint density at radius 2 is 2.00 bits per heavy atom. The third-order valence-electron chi connectivity index (χ3n) is 4.60. The highest BCUT2D eigenvalue weighted by molar-refractivity contribution is 5.35. The number of likely N-dealkylation sites (tertiary alicyclic amines) is 1. The van der Waals surface area contributed by atoms with Gasteiger partial charge in [0.1, 0.15) is 5.75 Å². The van der Waals surface area contributed by atoms with Crippen LogP contribution in [-0.2, 0) is 0 Å². The van der Waals surface area contributed by atoms with Crippen LogP contribution in [0.15, 0.2) is 18.2 Å². The zero-order valence-electron chi connectivity index (χ0n) is 13.8. The first-order chi connectivity index (χ1) is 10.1. The van der Waals surface area contributed by atoms with Crippen molar-refractivity contribution in [3.63, 3.8) is 0 Å². The molecule has 1 aliphatic heterocycles. The molecule has 0 bridgehead atoms. The first-order valence-corrected chi connectivity index (χ1v) is 8.24. The van der Waals surface area contributed by atoms with Crippen molar-refractivity contribution in [1.29, 1.82) is 0 Å². The third-order valence-corrected chi connectivity index (χ3v) is 4.60. The summed E-state index contributed by atoms with van der Waals surface area (Å²) in [6.45, 7) is 10.7. The number of hydrogen-bond donors (Lipinski definition) is 1. The molecule has 1 fully saturated rings. The highest BCUT2D eigenvalue weighted by atomic mass is 16.5. The zero-order valence-corrected chi connectivity index (χ0v) is 13.8. The van der Waals surface area contributed by atoms with Gasteiger partial charge in [-0.1, -0.05) is 12.1 Å². The number of benzene rings is 1. The van der Waals surface area contributed by atoms with Gasteiger partial charge in [-0.25, -0.2) is 0 Å². The van der Waals surface area contributed by atoms with Crippen LogP contribution < -0.4 is 10.5 Å². The minimum Gasteiger partial charge on any atom is -0.493 e. The highest BCUT2D eigenvalue weighted by Crippen LogP contribution is 2.21. The van der Waals surface area contributed by atoms with Crippen molar-refractivity contribution in [2.75, 3.05) is 26.2 Å². The first kappa shape index (κ1) is 16.3. The molecule has 3 nitrogen and oxygen atoms in total. The lowest BCUT2D eigenvalue weighted by atomic mass is 9.91. The van der Waals surface area contributed by atoms with E-state index in [-0.39, 0.29) is 0 Å². The number of aryl methyl sites for hydroxylation is 2. The number of rotatable bonds is 6. The Bertz CT molecular complexity index is 437. The molecule has 0 spiro atoms. The molecule has 21 heavy (non-hydrogen) atoms. The zero-order chi connectivity index (χ0) is 15.2. The van der Waals surface area contributed by atoms with E-state index < -0.39 is 0 Å². The van der Waals surface area contributed by atoms with Gasteiger partial charge in [0.15, 0.2) is 0 Å². The molecule has 2 rings (SSSR count). The topological polar surface area (TPSA) is 38.5 Å². The Hall–Kier alpha value is -1.06. The van der Waals surface area contributed by atoms with Gasteiger partial charge in [0.05, 0.1) is 6.61 Å². The predicted molar refractivity (Wildman–Crippen MR) is 88.8 cm³/mol. The Morgan fingerprint density at radius 1 is 1.29 bits per heavy atom. The summed E-state index contributed by atoms with van der Waals surface area (Å²) in [6.07, 6.45) is 3.58. The van der Waals surface area contributed by atoms with Crippen molar-refractivity contribution in [1.82, 2.24) is 4.90 Å². The molecule has 2 N–H and O–H groups in total. The van der Waals surface area contributed by atoms with Gasteiger partial charge in [-0.2, -0.15) is 0 Å². The predicted octanol–water partition coefficient (Wildman–Crippen LogP) is 3.13. The Morgan fingerprint density at radius 3 is 2.67 bits per heavy atom. The summed E-state index contributed by atoms with van der Waals surface area (Å²) in [5.74, 6) is 1.75. The molecule has 1 atom stereocenters. The van der Waals surface area contributed by atoms with E-state index >= 15 is 0 Å². The molecule has 0 aliphatic carbocycles. The lowest BCUT2D eigenvalue weighted by molar-refractivity contribution is 0.161. The highest BCUT2D eigenvalue weighted by Gasteiger charge is 2.21. The minimum absolute atomic E-state index is 0.347. The fourth-order valence-corrected chi connectivity index (χ4v) is 3.04. The molecular weight excluding hydrogens is 260 g/mol. The van der Waals surface area contributed by atoms with E-state index in [1.54, 1.807) is 0 Å². The maximum absolute atomic E-state index is 5.99. The number of ether oxygens (including phenoxy) is 1. The summed E-state index contributed by atoms with van der Waals surface area (Å²) in [4.78, 5) is 2.55. The van der Waals surface area contributed by atoms with Gasteiger partial charge in [-0.15, -0.1) is 0 Å². The fraction of sp³-hybridized carbons (Fsp3) is 0.667. The van der Waals surface area contributed by atoms with Crippen molar-refractivity contribution in [3.8, 4) is 5.75 Å². The summed E-state index contributed by atoms with van der Waals surface area (Å²) in [6, 6.07) is 6.73. The van der Waals surface area contributed by atoms with E-state index in [4.69, 9.17) is 10.5 Å². The van der Waals surface area contributed by atoms with Crippen LogP contribution >= 0.6 is 0 Å². The SMILES string of the molecule is Cc1ccc(C)c(OCCCN2CCC(C(C)N)CC2)c1. The number of nitrogens with zero attached hydrogens (tertiary/aromatic N) is 1. The summed E-state index contributed by atoms with van der Waals surface area (Å²) < 4.78 is 5.92. The van der Waals surface area contributed by atoms with Crippen LogP contribution in [0.4, 0.5) is 0 Å². The second-order valence-electron chi connectivity index (χ2n) is 6.51. The van der Waals surface area contributed by atoms with Crippen LogP contribution in [0.3, 0.4) is 0 Å². The number of hydrogen-bond acceptors (Lipinski definition) is 3. The molecule has 0 radical (unpaired) electrons. The average Bonchev–Trinajstić information content (AvgIpc) is 2.47. The first-order valence-electron chi connectivity index (χ1n) is 8.24. The fourth-order valence-electron chi connectivity index (χ4n) is 3.04. The van der Waals surface area contributed by atoms with E-state index in [2.05, 4.69) is 43.9 Å². The van der Waals surface area contributed by atoms with Crippen LogP contribution in [0.5, 0.6) is 5.75 Å². The molecule has 0 amide bonds. The van der Waals surface area contributed by atoms with Gasteiger partial charge in [-0.3, -0.25) is 0 Å². The monoisotopic (exact) mass is 290 g/mol. The summed E-state index contributed by atoms with van der Waals surface area (Å²) in [5.41, 5.74) is 8.47. The maximum Gasteiger partial charge on any atom is 0.122 e. The molecule has 1 saturated heterocycles.